The topological polar surface area (TPSA) is 62.4 Å². The largest absolute Gasteiger partial charge is 0.369 e. The Morgan fingerprint density at radius 1 is 1.88 bits per heavy atom. The molecule has 46 valence electrons. The highest BCUT2D eigenvalue weighted by Gasteiger charge is 1.77. The second-order valence-corrected chi connectivity index (χ2v) is 1.08. The summed E-state index contributed by atoms with van der Waals surface area (Å²) >= 11 is 0. The number of hydrazine groups is 1. The van der Waals surface area contributed by atoms with E-state index in [-0.39, 0.29) is 0 Å². The quantitative estimate of drug-likeness (QED) is 0.249. The van der Waals surface area contributed by atoms with E-state index in [1.54, 1.807) is 7.05 Å². The zero-order chi connectivity index (χ0) is 6.41. The number of rotatable bonds is 2. The van der Waals surface area contributed by atoms with Gasteiger partial charge in [0.1, 0.15) is 0 Å². The van der Waals surface area contributed by atoms with Crippen LogP contribution < -0.4 is 16.6 Å². The van der Waals surface area contributed by atoms with Gasteiger partial charge >= 0.3 is 0 Å². The molecule has 0 aromatic carbocycles. The average Bonchev–Trinajstić information content (AvgIpc) is 1.83. The van der Waals surface area contributed by atoms with E-state index in [4.69, 9.17) is 5.73 Å². The van der Waals surface area contributed by atoms with Gasteiger partial charge in [0.05, 0.1) is 0 Å². The van der Waals surface area contributed by atoms with Crippen LogP contribution in [0.2, 0.25) is 0 Å². The van der Waals surface area contributed by atoms with Gasteiger partial charge in [0.25, 0.3) is 0 Å². The maximum atomic E-state index is 5.19. The van der Waals surface area contributed by atoms with Crippen LogP contribution in [0.15, 0.2) is 17.8 Å². The maximum absolute atomic E-state index is 5.19. The van der Waals surface area contributed by atoms with Gasteiger partial charge in [0, 0.05) is 13.2 Å². The molecule has 0 aliphatic carbocycles. The third kappa shape index (κ3) is 3.02. The normalized spacial score (nSPS) is 10.4. The molecular weight excluding hydrogens is 104 g/mol. The lowest BCUT2D eigenvalue weighted by atomic mass is 11.0. The predicted octanol–water partition coefficient (Wildman–Crippen LogP) is -0.831. The molecule has 0 spiro atoms. The highest BCUT2D eigenvalue weighted by molar-refractivity contribution is 5.77. The molecule has 0 heterocycles. The molecule has 0 rings (SSSR count). The van der Waals surface area contributed by atoms with Crippen LogP contribution in [0.3, 0.4) is 0 Å². The van der Waals surface area contributed by atoms with Crippen molar-refractivity contribution in [1.29, 1.82) is 0 Å². The van der Waals surface area contributed by atoms with Crippen LogP contribution in [0, 0.1) is 0 Å². The van der Waals surface area contributed by atoms with Gasteiger partial charge < -0.3 is 11.2 Å². The van der Waals surface area contributed by atoms with Crippen LogP contribution in [-0.4, -0.2) is 13.0 Å². The van der Waals surface area contributed by atoms with Gasteiger partial charge in [-0.1, -0.05) is 6.58 Å². The number of hydrogen-bond donors (Lipinski definition) is 3. The van der Waals surface area contributed by atoms with E-state index in [1.165, 1.54) is 6.20 Å². The summed E-state index contributed by atoms with van der Waals surface area (Å²) in [5.41, 5.74) is 10.3. The molecule has 0 aliphatic rings. The first-order valence-corrected chi connectivity index (χ1v) is 2.16. The third-order valence-electron chi connectivity index (χ3n) is 0.543. The molecule has 0 atom stereocenters. The molecule has 0 radical (unpaired) electrons. The van der Waals surface area contributed by atoms with Gasteiger partial charge in [-0.15, -0.1) is 0 Å². The predicted molar refractivity (Wildman–Crippen MR) is 34.0 cm³/mol. The lowest BCUT2D eigenvalue weighted by molar-refractivity contribution is 0.811. The second-order valence-electron chi connectivity index (χ2n) is 1.08. The van der Waals surface area contributed by atoms with Crippen molar-refractivity contribution in [2.75, 3.05) is 7.05 Å². The van der Waals surface area contributed by atoms with Crippen LogP contribution in [0.25, 0.3) is 0 Å². The molecule has 4 heteroatoms. The highest BCUT2D eigenvalue weighted by Crippen LogP contribution is 1.51. The SMILES string of the molecule is C=CNNC(N)=NC. The average molecular weight is 114 g/mol. The standard InChI is InChI=1S/C4H10N4/c1-3-7-8-4(5)6-2/h3,7H,1H2,2H3,(H3,5,6,8). The van der Waals surface area contributed by atoms with E-state index >= 15 is 0 Å². The fourth-order valence-corrected chi connectivity index (χ4v) is 0.181. The Morgan fingerprint density at radius 3 is 2.88 bits per heavy atom. The van der Waals surface area contributed by atoms with Crippen molar-refractivity contribution < 1.29 is 0 Å². The molecule has 0 saturated heterocycles. The van der Waals surface area contributed by atoms with E-state index in [0.29, 0.717) is 5.96 Å². The molecule has 4 N–H and O–H groups in total. The monoisotopic (exact) mass is 114 g/mol. The third-order valence-corrected chi connectivity index (χ3v) is 0.543. The minimum atomic E-state index is 0.338. The molecule has 0 fully saturated rings. The lowest BCUT2D eigenvalue weighted by Gasteiger charge is -2.00. The van der Waals surface area contributed by atoms with Crippen molar-refractivity contribution in [2.45, 2.75) is 0 Å². The molecule has 0 bridgehead atoms. The Labute approximate surface area is 48.4 Å². The number of nitrogens with zero attached hydrogens (tertiary/aromatic N) is 1. The lowest BCUT2D eigenvalue weighted by Crippen LogP contribution is -2.39. The van der Waals surface area contributed by atoms with Crippen molar-refractivity contribution in [1.82, 2.24) is 10.9 Å². The van der Waals surface area contributed by atoms with Gasteiger partial charge in [-0.2, -0.15) is 0 Å². The first-order chi connectivity index (χ1) is 3.81. The molecule has 4 nitrogen and oxygen atoms in total. The van der Waals surface area contributed by atoms with Crippen molar-refractivity contribution in [3.8, 4) is 0 Å². The van der Waals surface area contributed by atoms with Crippen LogP contribution >= 0.6 is 0 Å². The maximum Gasteiger partial charge on any atom is 0.207 e. The number of aliphatic imine (C=N–C) groups is 1. The zero-order valence-corrected chi connectivity index (χ0v) is 4.81. The van der Waals surface area contributed by atoms with Crippen molar-refractivity contribution in [3.05, 3.63) is 12.8 Å². The minimum absolute atomic E-state index is 0.338. The molecule has 8 heavy (non-hydrogen) atoms. The molecule has 0 unspecified atom stereocenters. The molecule has 0 saturated carbocycles. The molecular formula is C4H10N4. The van der Waals surface area contributed by atoms with Crippen molar-refractivity contribution >= 4 is 5.96 Å². The van der Waals surface area contributed by atoms with Crippen molar-refractivity contribution in [3.63, 3.8) is 0 Å². The molecule has 0 aliphatic heterocycles. The summed E-state index contributed by atoms with van der Waals surface area (Å²) in [5.74, 6) is 0.338. The minimum Gasteiger partial charge on any atom is -0.369 e. The van der Waals surface area contributed by atoms with E-state index in [9.17, 15) is 0 Å². The Bertz CT molecular complexity index is 96.2. The summed E-state index contributed by atoms with van der Waals surface area (Å²) in [4.78, 5) is 3.60. The van der Waals surface area contributed by atoms with E-state index in [2.05, 4.69) is 22.4 Å². The van der Waals surface area contributed by atoms with Crippen LogP contribution in [0.4, 0.5) is 0 Å². The van der Waals surface area contributed by atoms with Gasteiger partial charge in [-0.3, -0.25) is 10.4 Å². The number of hydrogen-bond acceptors (Lipinski definition) is 2. The smallest absolute Gasteiger partial charge is 0.207 e. The van der Waals surface area contributed by atoms with Crippen molar-refractivity contribution in [2.24, 2.45) is 10.7 Å². The fourth-order valence-electron chi connectivity index (χ4n) is 0.181. The second kappa shape index (κ2) is 3.98. The number of nitrogens with two attached hydrogens (primary N) is 1. The van der Waals surface area contributed by atoms with Crippen LogP contribution in [-0.2, 0) is 0 Å². The Balaban J connectivity index is 3.24. The number of guanidine groups is 1. The van der Waals surface area contributed by atoms with E-state index in [1.807, 2.05) is 0 Å². The zero-order valence-electron chi connectivity index (χ0n) is 4.81. The summed E-state index contributed by atoms with van der Waals surface area (Å²) in [6, 6.07) is 0. The van der Waals surface area contributed by atoms with Gasteiger partial charge in [0.15, 0.2) is 0 Å². The first-order valence-electron chi connectivity index (χ1n) is 2.16. The molecule has 0 aromatic heterocycles. The Morgan fingerprint density at radius 2 is 2.50 bits per heavy atom. The summed E-state index contributed by atoms with van der Waals surface area (Å²) in [5, 5.41) is 0. The number of nitrogens with one attached hydrogen (secondary N) is 2. The van der Waals surface area contributed by atoms with Gasteiger partial charge in [-0.25, -0.2) is 0 Å². The summed E-state index contributed by atoms with van der Waals surface area (Å²) in [6.45, 7) is 3.38. The van der Waals surface area contributed by atoms with Crippen LogP contribution in [0.1, 0.15) is 0 Å². The first kappa shape index (κ1) is 6.81. The highest BCUT2D eigenvalue weighted by atomic mass is 15.4. The summed E-state index contributed by atoms with van der Waals surface area (Å²) < 4.78 is 0. The van der Waals surface area contributed by atoms with Gasteiger partial charge in [-0.05, 0) is 0 Å². The van der Waals surface area contributed by atoms with Crippen LogP contribution in [0.5, 0.6) is 0 Å². The van der Waals surface area contributed by atoms with E-state index < -0.39 is 0 Å². The molecule has 0 aromatic rings. The van der Waals surface area contributed by atoms with E-state index in [0.717, 1.165) is 0 Å². The summed E-state index contributed by atoms with van der Waals surface area (Å²) in [6.07, 6.45) is 1.47. The fraction of sp³-hybridized carbons (Fsp3) is 0.250. The molecule has 0 amide bonds. The van der Waals surface area contributed by atoms with Gasteiger partial charge in [0.2, 0.25) is 5.96 Å². The summed E-state index contributed by atoms with van der Waals surface area (Å²) in [7, 11) is 1.59. The Hall–Kier alpha value is -1.19. The Kier molecular flexibility index (Phi) is 3.39.